The molecular formula is C18H16OS. The van der Waals surface area contributed by atoms with Crippen LogP contribution < -0.4 is 4.74 Å². The van der Waals surface area contributed by atoms with Crippen molar-refractivity contribution in [2.75, 3.05) is 7.11 Å². The predicted molar refractivity (Wildman–Crippen MR) is 86.5 cm³/mol. The van der Waals surface area contributed by atoms with Gasteiger partial charge in [-0.15, -0.1) is 11.3 Å². The van der Waals surface area contributed by atoms with Crippen LogP contribution in [-0.4, -0.2) is 7.11 Å². The number of benzene rings is 2. The molecule has 0 saturated carbocycles. The van der Waals surface area contributed by atoms with Gasteiger partial charge in [0.05, 0.1) is 7.11 Å². The van der Waals surface area contributed by atoms with Crippen LogP contribution in [-0.2, 0) is 0 Å². The lowest BCUT2D eigenvalue weighted by Crippen LogP contribution is -1.81. The maximum atomic E-state index is 5.19. The summed E-state index contributed by atoms with van der Waals surface area (Å²) in [6.45, 7) is 2.11. The third-order valence-electron chi connectivity index (χ3n) is 3.36. The van der Waals surface area contributed by atoms with Crippen molar-refractivity contribution in [2.24, 2.45) is 0 Å². The highest BCUT2D eigenvalue weighted by molar-refractivity contribution is 7.14. The Balaban J connectivity index is 1.91. The molecule has 0 saturated heterocycles. The molecule has 3 rings (SSSR count). The first-order valence-electron chi connectivity index (χ1n) is 6.56. The van der Waals surface area contributed by atoms with E-state index in [0.29, 0.717) is 0 Å². The first-order chi connectivity index (χ1) is 9.76. The number of ether oxygens (including phenoxy) is 1. The standard InChI is InChI=1S/C18H16OS/c1-13-3-5-14(6-4-13)16-11-18(20-12-16)15-7-9-17(19-2)10-8-15/h3-12H,1-2H3. The Morgan fingerprint density at radius 2 is 1.45 bits per heavy atom. The highest BCUT2D eigenvalue weighted by Gasteiger charge is 2.05. The zero-order valence-electron chi connectivity index (χ0n) is 11.6. The summed E-state index contributed by atoms with van der Waals surface area (Å²) in [5.74, 6) is 0.893. The highest BCUT2D eigenvalue weighted by atomic mass is 32.1. The van der Waals surface area contributed by atoms with E-state index < -0.39 is 0 Å². The van der Waals surface area contributed by atoms with Crippen LogP contribution in [0, 0.1) is 6.92 Å². The summed E-state index contributed by atoms with van der Waals surface area (Å²) in [6, 6.07) is 19.1. The topological polar surface area (TPSA) is 9.23 Å². The Labute approximate surface area is 123 Å². The minimum absolute atomic E-state index is 0.893. The summed E-state index contributed by atoms with van der Waals surface area (Å²) in [5, 5.41) is 2.21. The minimum Gasteiger partial charge on any atom is -0.497 e. The molecule has 0 N–H and O–H groups in total. The molecule has 1 heterocycles. The van der Waals surface area contributed by atoms with Crippen LogP contribution in [0.25, 0.3) is 21.6 Å². The van der Waals surface area contributed by atoms with E-state index in [1.54, 1.807) is 18.4 Å². The summed E-state index contributed by atoms with van der Waals surface area (Å²) >= 11 is 1.77. The summed E-state index contributed by atoms with van der Waals surface area (Å²) in [6.07, 6.45) is 0. The Morgan fingerprint density at radius 1 is 0.800 bits per heavy atom. The molecule has 20 heavy (non-hydrogen) atoms. The molecule has 0 spiro atoms. The average molecular weight is 280 g/mol. The van der Waals surface area contributed by atoms with Crippen LogP contribution in [0.15, 0.2) is 60.0 Å². The molecule has 2 heteroatoms. The fourth-order valence-electron chi connectivity index (χ4n) is 2.14. The zero-order valence-corrected chi connectivity index (χ0v) is 12.4. The van der Waals surface area contributed by atoms with Crippen LogP contribution in [0.5, 0.6) is 5.75 Å². The van der Waals surface area contributed by atoms with Gasteiger partial charge in [-0.25, -0.2) is 0 Å². The van der Waals surface area contributed by atoms with Crippen molar-refractivity contribution in [2.45, 2.75) is 6.92 Å². The van der Waals surface area contributed by atoms with Crippen molar-refractivity contribution in [3.63, 3.8) is 0 Å². The molecule has 0 aliphatic heterocycles. The number of rotatable bonds is 3. The van der Waals surface area contributed by atoms with E-state index in [-0.39, 0.29) is 0 Å². The second kappa shape index (κ2) is 5.51. The number of hydrogen-bond donors (Lipinski definition) is 0. The van der Waals surface area contributed by atoms with E-state index in [9.17, 15) is 0 Å². The Hall–Kier alpha value is -2.06. The number of hydrogen-bond acceptors (Lipinski definition) is 2. The van der Waals surface area contributed by atoms with Gasteiger partial charge in [0.1, 0.15) is 5.75 Å². The van der Waals surface area contributed by atoms with E-state index in [0.717, 1.165) is 5.75 Å². The number of methoxy groups -OCH3 is 1. The third kappa shape index (κ3) is 2.61. The number of aryl methyl sites for hydroxylation is 1. The third-order valence-corrected chi connectivity index (χ3v) is 4.34. The van der Waals surface area contributed by atoms with Gasteiger partial charge in [0, 0.05) is 4.88 Å². The van der Waals surface area contributed by atoms with Gasteiger partial charge in [-0.1, -0.05) is 29.8 Å². The van der Waals surface area contributed by atoms with Crippen molar-refractivity contribution >= 4 is 11.3 Å². The SMILES string of the molecule is COc1ccc(-c2cc(-c3ccc(C)cc3)cs2)cc1. The van der Waals surface area contributed by atoms with Crippen molar-refractivity contribution in [3.05, 3.63) is 65.5 Å². The summed E-state index contributed by atoms with van der Waals surface area (Å²) in [4.78, 5) is 1.28. The maximum Gasteiger partial charge on any atom is 0.118 e. The van der Waals surface area contributed by atoms with Crippen LogP contribution in [0.1, 0.15) is 5.56 Å². The molecule has 100 valence electrons. The molecule has 0 unspecified atom stereocenters. The Kier molecular flexibility index (Phi) is 3.57. The Morgan fingerprint density at radius 3 is 2.10 bits per heavy atom. The van der Waals surface area contributed by atoms with E-state index in [1.807, 2.05) is 12.1 Å². The van der Waals surface area contributed by atoms with Crippen molar-refractivity contribution < 1.29 is 4.74 Å². The van der Waals surface area contributed by atoms with Gasteiger partial charge < -0.3 is 4.74 Å². The summed E-state index contributed by atoms with van der Waals surface area (Å²) < 4.78 is 5.19. The van der Waals surface area contributed by atoms with Crippen molar-refractivity contribution in [1.29, 1.82) is 0 Å². The molecular weight excluding hydrogens is 264 g/mol. The van der Waals surface area contributed by atoms with Gasteiger partial charge in [-0.05, 0) is 59.3 Å². The lowest BCUT2D eigenvalue weighted by Gasteiger charge is -2.01. The van der Waals surface area contributed by atoms with E-state index in [4.69, 9.17) is 4.74 Å². The average Bonchev–Trinajstić information content (AvgIpc) is 2.98. The smallest absolute Gasteiger partial charge is 0.118 e. The molecule has 0 aliphatic carbocycles. The Bertz CT molecular complexity index is 693. The van der Waals surface area contributed by atoms with Gasteiger partial charge in [0.2, 0.25) is 0 Å². The summed E-state index contributed by atoms with van der Waals surface area (Å²) in [5.41, 5.74) is 5.07. The molecule has 0 atom stereocenters. The monoisotopic (exact) mass is 280 g/mol. The molecule has 0 amide bonds. The first kappa shape index (κ1) is 12.9. The van der Waals surface area contributed by atoms with Gasteiger partial charge in [0.25, 0.3) is 0 Å². The quantitative estimate of drug-likeness (QED) is 0.624. The van der Waals surface area contributed by atoms with Crippen LogP contribution in [0.4, 0.5) is 0 Å². The van der Waals surface area contributed by atoms with E-state index in [2.05, 4.69) is 54.8 Å². The van der Waals surface area contributed by atoms with Crippen LogP contribution >= 0.6 is 11.3 Å². The fourth-order valence-corrected chi connectivity index (χ4v) is 3.07. The zero-order chi connectivity index (χ0) is 13.9. The molecule has 0 aliphatic rings. The fraction of sp³-hybridized carbons (Fsp3) is 0.111. The highest BCUT2D eigenvalue weighted by Crippen LogP contribution is 2.33. The maximum absolute atomic E-state index is 5.19. The second-order valence-electron chi connectivity index (χ2n) is 4.79. The molecule has 2 aromatic carbocycles. The summed E-state index contributed by atoms with van der Waals surface area (Å²) in [7, 11) is 1.69. The minimum atomic E-state index is 0.893. The molecule has 3 aromatic rings. The molecule has 0 bridgehead atoms. The first-order valence-corrected chi connectivity index (χ1v) is 7.44. The van der Waals surface area contributed by atoms with Crippen LogP contribution in [0.3, 0.4) is 0 Å². The molecule has 0 radical (unpaired) electrons. The van der Waals surface area contributed by atoms with E-state index >= 15 is 0 Å². The van der Waals surface area contributed by atoms with Gasteiger partial charge >= 0.3 is 0 Å². The number of thiophene rings is 1. The molecule has 0 fully saturated rings. The molecule has 1 nitrogen and oxygen atoms in total. The van der Waals surface area contributed by atoms with E-state index in [1.165, 1.54) is 27.1 Å². The molecule has 1 aromatic heterocycles. The predicted octanol–water partition coefficient (Wildman–Crippen LogP) is 5.40. The van der Waals surface area contributed by atoms with Gasteiger partial charge in [-0.3, -0.25) is 0 Å². The lowest BCUT2D eigenvalue weighted by molar-refractivity contribution is 0.415. The van der Waals surface area contributed by atoms with Crippen LogP contribution in [0.2, 0.25) is 0 Å². The largest absolute Gasteiger partial charge is 0.497 e. The van der Waals surface area contributed by atoms with Crippen molar-refractivity contribution in [1.82, 2.24) is 0 Å². The van der Waals surface area contributed by atoms with Gasteiger partial charge in [-0.2, -0.15) is 0 Å². The van der Waals surface area contributed by atoms with Gasteiger partial charge in [0.15, 0.2) is 0 Å². The lowest BCUT2D eigenvalue weighted by atomic mass is 10.1. The second-order valence-corrected chi connectivity index (χ2v) is 5.71. The van der Waals surface area contributed by atoms with Crippen molar-refractivity contribution in [3.8, 4) is 27.3 Å². The normalized spacial score (nSPS) is 10.5.